The Morgan fingerprint density at radius 3 is 3.14 bits per heavy atom. The van der Waals surface area contributed by atoms with E-state index in [0.29, 0.717) is 13.0 Å². The van der Waals surface area contributed by atoms with Gasteiger partial charge in [0.15, 0.2) is 5.60 Å². The molecule has 4 nitrogen and oxygen atoms in total. The summed E-state index contributed by atoms with van der Waals surface area (Å²) >= 11 is 0. The van der Waals surface area contributed by atoms with Crippen molar-refractivity contribution >= 4 is 5.97 Å². The van der Waals surface area contributed by atoms with E-state index in [-0.39, 0.29) is 5.92 Å². The van der Waals surface area contributed by atoms with Crippen molar-refractivity contribution in [3.05, 3.63) is 0 Å². The molecule has 2 fully saturated rings. The Balaban J connectivity index is 2.10. The number of aliphatic hydroxyl groups is 1. The van der Waals surface area contributed by atoms with Gasteiger partial charge in [-0.25, -0.2) is 4.79 Å². The lowest BCUT2D eigenvalue weighted by molar-refractivity contribution is -0.174. The molecular weight excluding hydrogens is 182 g/mol. The zero-order chi connectivity index (χ0) is 10.2. The van der Waals surface area contributed by atoms with Gasteiger partial charge in [0.2, 0.25) is 0 Å². The quantitative estimate of drug-likeness (QED) is 0.636. The topological polar surface area (TPSA) is 49.8 Å². The standard InChI is InChI=1S/C10H17NO3/c1-2-14-9(12)10(13)4-6-11-5-3-8(10)7-11/h8,13H,2-7H2,1H3. The van der Waals surface area contributed by atoms with Crippen molar-refractivity contribution < 1.29 is 14.6 Å². The first kappa shape index (κ1) is 9.93. The van der Waals surface area contributed by atoms with Gasteiger partial charge in [-0.2, -0.15) is 0 Å². The molecule has 2 aliphatic heterocycles. The van der Waals surface area contributed by atoms with Gasteiger partial charge < -0.3 is 14.7 Å². The van der Waals surface area contributed by atoms with Crippen LogP contribution < -0.4 is 0 Å². The number of carbonyl (C=O) groups is 1. The molecule has 4 heteroatoms. The molecule has 0 aromatic carbocycles. The first-order valence-corrected chi connectivity index (χ1v) is 5.29. The summed E-state index contributed by atoms with van der Waals surface area (Å²) in [5.74, 6) is -0.346. The van der Waals surface area contributed by atoms with Crippen LogP contribution in [0.5, 0.6) is 0 Å². The molecule has 0 amide bonds. The van der Waals surface area contributed by atoms with Gasteiger partial charge in [0, 0.05) is 19.0 Å². The summed E-state index contributed by atoms with van der Waals surface area (Å²) in [5, 5.41) is 10.3. The Labute approximate surface area is 83.8 Å². The molecule has 0 aromatic rings. The third-order valence-corrected chi connectivity index (χ3v) is 3.39. The minimum Gasteiger partial charge on any atom is -0.464 e. The third-order valence-electron chi connectivity index (χ3n) is 3.39. The molecule has 0 radical (unpaired) electrons. The summed E-state index contributed by atoms with van der Waals surface area (Å²) in [7, 11) is 0. The third kappa shape index (κ3) is 1.42. The van der Waals surface area contributed by atoms with Crippen LogP contribution >= 0.6 is 0 Å². The number of piperidine rings is 1. The molecule has 2 rings (SSSR count). The molecule has 0 aromatic heterocycles. The highest BCUT2D eigenvalue weighted by molar-refractivity contribution is 5.80. The molecule has 1 N–H and O–H groups in total. The fourth-order valence-electron chi connectivity index (χ4n) is 2.48. The van der Waals surface area contributed by atoms with Crippen LogP contribution in [-0.2, 0) is 9.53 Å². The molecule has 2 saturated heterocycles. The van der Waals surface area contributed by atoms with E-state index in [1.54, 1.807) is 6.92 Å². The van der Waals surface area contributed by atoms with E-state index in [0.717, 1.165) is 26.1 Å². The fourth-order valence-corrected chi connectivity index (χ4v) is 2.48. The van der Waals surface area contributed by atoms with E-state index < -0.39 is 11.6 Å². The summed E-state index contributed by atoms with van der Waals surface area (Å²) in [5.41, 5.74) is -1.21. The Bertz CT molecular complexity index is 244. The molecule has 0 saturated carbocycles. The number of ether oxygens (including phenoxy) is 1. The van der Waals surface area contributed by atoms with Crippen molar-refractivity contribution in [1.29, 1.82) is 0 Å². The lowest BCUT2D eigenvalue weighted by Crippen LogP contribution is -2.52. The summed E-state index contributed by atoms with van der Waals surface area (Å²) in [4.78, 5) is 13.9. The van der Waals surface area contributed by atoms with E-state index in [9.17, 15) is 9.90 Å². The molecule has 2 aliphatic rings. The van der Waals surface area contributed by atoms with Crippen LogP contribution in [0.15, 0.2) is 0 Å². The summed E-state index contributed by atoms with van der Waals surface area (Å²) in [6, 6.07) is 0. The average molecular weight is 199 g/mol. The van der Waals surface area contributed by atoms with Crippen molar-refractivity contribution in [2.45, 2.75) is 25.4 Å². The maximum atomic E-state index is 11.6. The minimum atomic E-state index is -1.21. The average Bonchev–Trinajstić information content (AvgIpc) is 2.58. The van der Waals surface area contributed by atoms with Gasteiger partial charge >= 0.3 is 5.97 Å². The normalized spacial score (nSPS) is 41.0. The van der Waals surface area contributed by atoms with E-state index >= 15 is 0 Å². The molecule has 3 unspecified atom stereocenters. The molecular formula is C10H17NO3. The molecule has 80 valence electrons. The number of nitrogens with zero attached hydrogens (tertiary/aromatic N) is 1. The van der Waals surface area contributed by atoms with Gasteiger partial charge in [-0.3, -0.25) is 0 Å². The zero-order valence-corrected chi connectivity index (χ0v) is 8.53. The Kier molecular flexibility index (Phi) is 2.49. The Morgan fingerprint density at radius 2 is 2.43 bits per heavy atom. The second-order valence-electron chi connectivity index (χ2n) is 4.18. The van der Waals surface area contributed by atoms with Crippen molar-refractivity contribution in [2.75, 3.05) is 26.2 Å². The lowest BCUT2D eigenvalue weighted by Gasteiger charge is -2.36. The highest BCUT2D eigenvalue weighted by Crippen LogP contribution is 2.36. The first-order valence-electron chi connectivity index (χ1n) is 5.29. The predicted molar refractivity (Wildman–Crippen MR) is 50.7 cm³/mol. The number of fused-ring (bicyclic) bond motifs is 2. The molecule has 0 aliphatic carbocycles. The van der Waals surface area contributed by atoms with Gasteiger partial charge in [-0.15, -0.1) is 0 Å². The van der Waals surface area contributed by atoms with Gasteiger partial charge in [-0.05, 0) is 26.3 Å². The van der Waals surface area contributed by atoms with E-state index in [1.165, 1.54) is 0 Å². The van der Waals surface area contributed by atoms with Crippen LogP contribution in [0.4, 0.5) is 0 Å². The first-order chi connectivity index (χ1) is 6.66. The zero-order valence-electron chi connectivity index (χ0n) is 8.53. The fraction of sp³-hybridized carbons (Fsp3) is 0.900. The van der Waals surface area contributed by atoms with E-state index in [2.05, 4.69) is 4.90 Å². The number of carbonyl (C=O) groups excluding carboxylic acids is 1. The smallest absolute Gasteiger partial charge is 0.338 e. The molecule has 3 atom stereocenters. The highest BCUT2D eigenvalue weighted by atomic mass is 16.5. The van der Waals surface area contributed by atoms with Crippen molar-refractivity contribution in [3.63, 3.8) is 0 Å². The van der Waals surface area contributed by atoms with Gasteiger partial charge in [0.1, 0.15) is 0 Å². The van der Waals surface area contributed by atoms with Crippen LogP contribution in [0.25, 0.3) is 0 Å². The monoisotopic (exact) mass is 199 g/mol. The minimum absolute atomic E-state index is 0.0790. The van der Waals surface area contributed by atoms with E-state index in [4.69, 9.17) is 4.74 Å². The van der Waals surface area contributed by atoms with Gasteiger partial charge in [0.05, 0.1) is 6.61 Å². The summed E-state index contributed by atoms with van der Waals surface area (Å²) in [6.45, 7) is 4.77. The van der Waals surface area contributed by atoms with Gasteiger partial charge in [-0.1, -0.05) is 0 Å². The SMILES string of the molecule is CCOC(=O)C1(O)CCN2CCC1C2. The second-order valence-corrected chi connectivity index (χ2v) is 4.18. The van der Waals surface area contributed by atoms with Crippen LogP contribution in [0.2, 0.25) is 0 Å². The second kappa shape index (κ2) is 3.51. The van der Waals surface area contributed by atoms with Crippen molar-refractivity contribution in [3.8, 4) is 0 Å². The Hall–Kier alpha value is -0.610. The predicted octanol–water partition coefficient (Wildman–Crippen LogP) is 0.00620. The highest BCUT2D eigenvalue weighted by Gasteiger charge is 2.50. The van der Waals surface area contributed by atoms with E-state index in [1.807, 2.05) is 0 Å². The van der Waals surface area contributed by atoms with Crippen LogP contribution in [0, 0.1) is 5.92 Å². The van der Waals surface area contributed by atoms with Gasteiger partial charge in [0.25, 0.3) is 0 Å². The lowest BCUT2D eigenvalue weighted by atomic mass is 9.82. The van der Waals surface area contributed by atoms with Crippen LogP contribution in [0.1, 0.15) is 19.8 Å². The van der Waals surface area contributed by atoms with Crippen LogP contribution in [0.3, 0.4) is 0 Å². The molecule has 14 heavy (non-hydrogen) atoms. The number of esters is 1. The van der Waals surface area contributed by atoms with Crippen molar-refractivity contribution in [1.82, 2.24) is 4.90 Å². The maximum absolute atomic E-state index is 11.6. The van der Waals surface area contributed by atoms with Crippen molar-refractivity contribution in [2.24, 2.45) is 5.92 Å². The summed E-state index contributed by atoms with van der Waals surface area (Å²) in [6.07, 6.45) is 1.44. The molecule has 0 spiro atoms. The largest absolute Gasteiger partial charge is 0.464 e. The maximum Gasteiger partial charge on any atom is 0.338 e. The number of rotatable bonds is 2. The molecule has 2 heterocycles. The number of hydrogen-bond acceptors (Lipinski definition) is 4. The Morgan fingerprint density at radius 1 is 1.64 bits per heavy atom. The van der Waals surface area contributed by atoms with Crippen LogP contribution in [-0.4, -0.2) is 47.8 Å². The summed E-state index contributed by atoms with van der Waals surface area (Å²) < 4.78 is 4.93. The molecule has 2 bridgehead atoms. The number of hydrogen-bond donors (Lipinski definition) is 1.